The Morgan fingerprint density at radius 2 is 1.15 bits per heavy atom. The number of fused-ring (bicyclic) bond motifs is 1. The van der Waals surface area contributed by atoms with Gasteiger partial charge in [0, 0.05) is 17.5 Å². The molecule has 26 heavy (non-hydrogen) atoms. The Morgan fingerprint density at radius 1 is 0.692 bits per heavy atom. The first-order chi connectivity index (χ1) is 12.6. The van der Waals surface area contributed by atoms with Crippen molar-refractivity contribution < 1.29 is 14.7 Å². The molecule has 1 N–H and O–H groups in total. The average molecular weight is 342 g/mol. The van der Waals surface area contributed by atoms with Gasteiger partial charge in [-0.15, -0.1) is 0 Å². The summed E-state index contributed by atoms with van der Waals surface area (Å²) in [5, 5.41) is 10.8. The van der Waals surface area contributed by atoms with E-state index in [9.17, 15) is 14.7 Å². The Hall–Kier alpha value is -3.04. The maximum Gasteiger partial charge on any atom is 0.182 e. The largest absolute Gasteiger partial charge is 0.388 e. The van der Waals surface area contributed by atoms with Gasteiger partial charge in [0.2, 0.25) is 0 Å². The van der Waals surface area contributed by atoms with Crippen LogP contribution >= 0.6 is 0 Å². The molecule has 4 rings (SSSR count). The molecule has 0 saturated carbocycles. The zero-order valence-electron chi connectivity index (χ0n) is 14.1. The van der Waals surface area contributed by atoms with Gasteiger partial charge in [0.05, 0.1) is 6.10 Å². The fraction of sp³-hybridized carbons (Fsp3) is 0.130. The van der Waals surface area contributed by atoms with Crippen LogP contribution in [-0.4, -0.2) is 16.7 Å². The van der Waals surface area contributed by atoms with Crippen molar-refractivity contribution in [3.8, 4) is 0 Å². The molecule has 0 saturated heterocycles. The topological polar surface area (TPSA) is 54.4 Å². The van der Waals surface area contributed by atoms with Crippen LogP contribution < -0.4 is 0 Å². The van der Waals surface area contributed by atoms with Crippen LogP contribution in [0.2, 0.25) is 0 Å². The first-order valence-corrected chi connectivity index (χ1v) is 8.62. The van der Waals surface area contributed by atoms with E-state index in [-0.39, 0.29) is 18.0 Å². The number of Topliss-reactive ketones (excluding diaryl/α,β-unsaturated/α-hetero) is 2. The van der Waals surface area contributed by atoms with Gasteiger partial charge >= 0.3 is 0 Å². The number of ketones is 2. The fourth-order valence-electron chi connectivity index (χ4n) is 3.81. The van der Waals surface area contributed by atoms with Crippen molar-refractivity contribution in [3.05, 3.63) is 107 Å². The second kappa shape index (κ2) is 6.36. The summed E-state index contributed by atoms with van der Waals surface area (Å²) in [7, 11) is 0. The van der Waals surface area contributed by atoms with E-state index < -0.39 is 11.5 Å². The fourth-order valence-corrected chi connectivity index (χ4v) is 3.81. The third kappa shape index (κ3) is 2.40. The van der Waals surface area contributed by atoms with E-state index in [0.29, 0.717) is 22.3 Å². The maximum absolute atomic E-state index is 13.4. The van der Waals surface area contributed by atoms with Crippen molar-refractivity contribution in [2.75, 3.05) is 0 Å². The molecule has 1 unspecified atom stereocenters. The molecule has 1 atom stereocenters. The third-order valence-corrected chi connectivity index (χ3v) is 5.14. The van der Waals surface area contributed by atoms with Gasteiger partial charge in [0.25, 0.3) is 0 Å². The molecule has 0 aliphatic heterocycles. The molecule has 0 radical (unpaired) electrons. The molecule has 0 amide bonds. The van der Waals surface area contributed by atoms with Crippen molar-refractivity contribution in [1.29, 1.82) is 0 Å². The van der Waals surface area contributed by atoms with Crippen LogP contribution in [0.4, 0.5) is 0 Å². The highest BCUT2D eigenvalue weighted by molar-refractivity contribution is 6.33. The van der Waals surface area contributed by atoms with Gasteiger partial charge < -0.3 is 5.11 Å². The molecule has 0 bridgehead atoms. The second-order valence-corrected chi connectivity index (χ2v) is 6.61. The lowest BCUT2D eigenvalue weighted by Gasteiger charge is -2.29. The highest BCUT2D eigenvalue weighted by atomic mass is 16.3. The average Bonchev–Trinajstić information content (AvgIpc) is 2.92. The molecular weight excluding hydrogens is 324 g/mol. The summed E-state index contributed by atoms with van der Waals surface area (Å²) >= 11 is 0. The predicted molar refractivity (Wildman–Crippen MR) is 99.2 cm³/mol. The minimum atomic E-state index is -1.39. The number of rotatable bonds is 4. The van der Waals surface area contributed by atoms with Crippen LogP contribution in [-0.2, 0) is 5.41 Å². The standard InChI is InChI=1S/C23H18O3/c24-20(16-9-3-1-4-10-16)15-23(17-11-5-2-6-12-17)21(25)18-13-7-8-14-19(18)22(23)26/h1-14,20,24H,15H2. The molecular formula is C23H18O3. The van der Waals surface area contributed by atoms with Crippen molar-refractivity contribution in [2.45, 2.75) is 17.9 Å². The summed E-state index contributed by atoms with van der Waals surface area (Å²) in [6.07, 6.45) is -0.897. The van der Waals surface area contributed by atoms with Gasteiger partial charge in [-0.1, -0.05) is 84.9 Å². The van der Waals surface area contributed by atoms with E-state index in [0.717, 1.165) is 0 Å². The van der Waals surface area contributed by atoms with Gasteiger partial charge in [0.1, 0.15) is 5.41 Å². The number of carbonyl (C=O) groups excluding carboxylic acids is 2. The maximum atomic E-state index is 13.4. The van der Waals surface area contributed by atoms with Crippen LogP contribution in [0.5, 0.6) is 0 Å². The molecule has 1 aliphatic carbocycles. The number of carbonyl (C=O) groups is 2. The van der Waals surface area contributed by atoms with Gasteiger partial charge in [-0.25, -0.2) is 0 Å². The molecule has 0 heterocycles. The minimum absolute atomic E-state index is 0.0212. The number of aliphatic hydroxyl groups excluding tert-OH is 1. The van der Waals surface area contributed by atoms with E-state index in [2.05, 4.69) is 0 Å². The first kappa shape index (κ1) is 16.4. The highest BCUT2D eigenvalue weighted by Crippen LogP contribution is 2.45. The first-order valence-electron chi connectivity index (χ1n) is 8.62. The van der Waals surface area contributed by atoms with E-state index >= 15 is 0 Å². The molecule has 1 aliphatic rings. The van der Waals surface area contributed by atoms with Gasteiger partial charge in [-0.05, 0) is 11.1 Å². The van der Waals surface area contributed by atoms with E-state index in [4.69, 9.17) is 0 Å². The molecule has 3 nitrogen and oxygen atoms in total. The van der Waals surface area contributed by atoms with Crippen LogP contribution in [0, 0.1) is 0 Å². The molecule has 0 aromatic heterocycles. The number of benzene rings is 3. The monoisotopic (exact) mass is 342 g/mol. The lowest BCUT2D eigenvalue weighted by atomic mass is 9.71. The van der Waals surface area contributed by atoms with Crippen LogP contribution in [0.15, 0.2) is 84.9 Å². The Labute approximate surface area is 151 Å². The van der Waals surface area contributed by atoms with Crippen LogP contribution in [0.25, 0.3) is 0 Å². The molecule has 3 aromatic rings. The number of hydrogen-bond donors (Lipinski definition) is 1. The highest BCUT2D eigenvalue weighted by Gasteiger charge is 2.54. The zero-order chi connectivity index (χ0) is 18.1. The Bertz CT molecular complexity index is 926. The normalized spacial score (nSPS) is 16.3. The lowest BCUT2D eigenvalue weighted by molar-refractivity contribution is 0.0684. The smallest absolute Gasteiger partial charge is 0.182 e. The van der Waals surface area contributed by atoms with Crippen molar-refractivity contribution >= 4 is 11.6 Å². The molecule has 3 aromatic carbocycles. The summed E-state index contributed by atoms with van der Waals surface area (Å²) in [5.74, 6) is -0.474. The van der Waals surface area contributed by atoms with Gasteiger partial charge in [0.15, 0.2) is 11.6 Å². The number of hydrogen-bond acceptors (Lipinski definition) is 3. The Balaban J connectivity index is 1.86. The Kier molecular flexibility index (Phi) is 4.02. The summed E-state index contributed by atoms with van der Waals surface area (Å²) < 4.78 is 0. The molecule has 0 fully saturated rings. The third-order valence-electron chi connectivity index (χ3n) is 5.14. The molecule has 3 heteroatoms. The Morgan fingerprint density at radius 3 is 1.69 bits per heavy atom. The summed E-state index contributed by atoms with van der Waals surface area (Å²) in [6, 6.07) is 25.1. The molecule has 128 valence electrons. The van der Waals surface area contributed by atoms with E-state index in [1.54, 1.807) is 48.5 Å². The van der Waals surface area contributed by atoms with Crippen LogP contribution in [0.1, 0.15) is 44.4 Å². The van der Waals surface area contributed by atoms with E-state index in [1.165, 1.54) is 0 Å². The predicted octanol–water partition coefficient (Wildman–Crippen LogP) is 4.13. The minimum Gasteiger partial charge on any atom is -0.388 e. The van der Waals surface area contributed by atoms with E-state index in [1.807, 2.05) is 36.4 Å². The lowest BCUT2D eigenvalue weighted by Crippen LogP contribution is -2.40. The number of aliphatic hydroxyl groups is 1. The van der Waals surface area contributed by atoms with Crippen molar-refractivity contribution in [2.24, 2.45) is 0 Å². The van der Waals surface area contributed by atoms with Crippen molar-refractivity contribution in [3.63, 3.8) is 0 Å². The van der Waals surface area contributed by atoms with Gasteiger partial charge in [-0.2, -0.15) is 0 Å². The van der Waals surface area contributed by atoms with Gasteiger partial charge in [-0.3, -0.25) is 9.59 Å². The van der Waals surface area contributed by atoms with Crippen LogP contribution in [0.3, 0.4) is 0 Å². The SMILES string of the molecule is O=C1c2ccccc2C(=O)C1(CC(O)c1ccccc1)c1ccccc1. The quantitative estimate of drug-likeness (QED) is 0.726. The summed E-state index contributed by atoms with van der Waals surface area (Å²) in [6.45, 7) is 0. The zero-order valence-corrected chi connectivity index (χ0v) is 14.1. The summed E-state index contributed by atoms with van der Waals surface area (Å²) in [4.78, 5) is 26.7. The molecule has 0 spiro atoms. The summed E-state index contributed by atoms with van der Waals surface area (Å²) in [5.41, 5.74) is 0.795. The second-order valence-electron chi connectivity index (χ2n) is 6.61. The van der Waals surface area contributed by atoms with Crippen molar-refractivity contribution in [1.82, 2.24) is 0 Å².